The van der Waals surface area contributed by atoms with Gasteiger partial charge in [0.2, 0.25) is 0 Å². The second-order valence-corrected chi connectivity index (χ2v) is 6.47. The predicted molar refractivity (Wildman–Crippen MR) is 113 cm³/mol. The molecule has 1 amide bonds. The number of halogens is 2. The minimum atomic E-state index is -0.0916. The second kappa shape index (κ2) is 9.13. The van der Waals surface area contributed by atoms with Crippen molar-refractivity contribution >= 4 is 41.6 Å². The lowest BCUT2D eigenvalue weighted by Crippen LogP contribution is -2.41. The van der Waals surface area contributed by atoms with Gasteiger partial charge in [-0.25, -0.2) is 4.98 Å². The van der Waals surface area contributed by atoms with Gasteiger partial charge in [0.15, 0.2) is 0 Å². The fourth-order valence-electron chi connectivity index (χ4n) is 3.14. The lowest BCUT2D eigenvalue weighted by molar-refractivity contribution is 0.0935. The van der Waals surface area contributed by atoms with E-state index in [0.29, 0.717) is 18.0 Å². The molecule has 0 radical (unpaired) electrons. The largest absolute Gasteiger partial charge is 0.348 e. The first-order valence-corrected chi connectivity index (χ1v) is 8.57. The van der Waals surface area contributed by atoms with Gasteiger partial charge in [-0.2, -0.15) is 0 Å². The van der Waals surface area contributed by atoms with Crippen molar-refractivity contribution in [3.63, 3.8) is 0 Å². The zero-order valence-electron chi connectivity index (χ0n) is 14.7. The Labute approximate surface area is 170 Å². The van der Waals surface area contributed by atoms with E-state index in [2.05, 4.69) is 10.3 Å². The Kier molecular flexibility index (Phi) is 7.13. The van der Waals surface area contributed by atoms with Crippen molar-refractivity contribution < 1.29 is 4.79 Å². The van der Waals surface area contributed by atoms with Gasteiger partial charge in [-0.1, -0.05) is 18.2 Å². The average Bonchev–Trinajstić information content (AvgIpc) is 3.51. The number of para-hydroxylation sites is 1. The fraction of sp³-hybridized carbons (Fsp3) is 0.250. The van der Waals surface area contributed by atoms with E-state index in [1.54, 1.807) is 12.4 Å². The minimum absolute atomic E-state index is 0. The van der Waals surface area contributed by atoms with Crippen LogP contribution < -0.4 is 11.1 Å². The van der Waals surface area contributed by atoms with Crippen molar-refractivity contribution in [2.75, 3.05) is 6.54 Å². The molecule has 2 aromatic heterocycles. The Bertz CT molecular complexity index is 916. The van der Waals surface area contributed by atoms with Crippen LogP contribution in [0.4, 0.5) is 0 Å². The minimum Gasteiger partial charge on any atom is -0.348 e. The van der Waals surface area contributed by atoms with Crippen molar-refractivity contribution in [1.82, 2.24) is 15.3 Å². The van der Waals surface area contributed by atoms with Crippen LogP contribution in [0.15, 0.2) is 54.9 Å². The molecule has 1 atom stereocenters. The first kappa shape index (κ1) is 21.1. The van der Waals surface area contributed by atoms with Gasteiger partial charge in [-0.05, 0) is 43.0 Å². The summed E-state index contributed by atoms with van der Waals surface area (Å²) in [6.07, 6.45) is 5.76. The van der Waals surface area contributed by atoms with E-state index in [9.17, 15) is 4.79 Å². The normalized spacial score (nSPS) is 14.0. The molecule has 1 aromatic carbocycles. The van der Waals surface area contributed by atoms with Gasteiger partial charge in [-0.3, -0.25) is 9.78 Å². The first-order valence-electron chi connectivity index (χ1n) is 8.57. The smallest absolute Gasteiger partial charge is 0.252 e. The standard InChI is InChI=1S/C20H20N4O.2ClH/c21-11-19(13-7-8-13)24-20(25)16-10-18(14-4-3-9-22-12-14)23-17-6-2-1-5-15(16)17;;/h1-6,9-10,12-13,19H,7-8,11,21H2,(H,24,25);2*1H. The van der Waals surface area contributed by atoms with E-state index < -0.39 is 0 Å². The molecule has 1 saturated carbocycles. The molecule has 0 spiro atoms. The molecule has 3 aromatic rings. The summed E-state index contributed by atoms with van der Waals surface area (Å²) < 4.78 is 0. The lowest BCUT2D eigenvalue weighted by atomic mass is 10.0. The Morgan fingerprint density at radius 3 is 2.63 bits per heavy atom. The monoisotopic (exact) mass is 404 g/mol. The van der Waals surface area contributed by atoms with Gasteiger partial charge in [0.1, 0.15) is 0 Å². The molecular formula is C20H22Cl2N4O. The van der Waals surface area contributed by atoms with Crippen molar-refractivity contribution in [2.24, 2.45) is 11.7 Å². The van der Waals surface area contributed by atoms with E-state index in [1.165, 1.54) is 0 Å². The average molecular weight is 405 g/mol. The van der Waals surface area contributed by atoms with Crippen LogP contribution in [0.3, 0.4) is 0 Å². The number of nitrogens with zero attached hydrogens (tertiary/aromatic N) is 2. The maximum Gasteiger partial charge on any atom is 0.252 e. The number of aromatic nitrogens is 2. The second-order valence-electron chi connectivity index (χ2n) is 6.47. The van der Waals surface area contributed by atoms with Crippen LogP contribution in [-0.2, 0) is 0 Å². The van der Waals surface area contributed by atoms with Crippen LogP contribution in [0.25, 0.3) is 22.2 Å². The van der Waals surface area contributed by atoms with E-state index in [0.717, 1.165) is 35.0 Å². The number of amides is 1. The molecule has 142 valence electrons. The summed E-state index contributed by atoms with van der Waals surface area (Å²) in [5, 5.41) is 3.95. The number of nitrogens with one attached hydrogen (secondary N) is 1. The molecule has 1 aliphatic carbocycles. The molecule has 1 fully saturated rings. The Morgan fingerprint density at radius 2 is 1.96 bits per heavy atom. The first-order chi connectivity index (χ1) is 12.3. The molecular weight excluding hydrogens is 383 g/mol. The summed E-state index contributed by atoms with van der Waals surface area (Å²) in [5.74, 6) is 0.422. The molecule has 3 N–H and O–H groups in total. The highest BCUT2D eigenvalue weighted by Crippen LogP contribution is 2.32. The van der Waals surface area contributed by atoms with E-state index in [-0.39, 0.29) is 36.8 Å². The highest BCUT2D eigenvalue weighted by molar-refractivity contribution is 6.07. The third-order valence-corrected chi connectivity index (χ3v) is 4.68. The predicted octanol–water partition coefficient (Wildman–Crippen LogP) is 3.61. The molecule has 2 heterocycles. The number of rotatable bonds is 5. The lowest BCUT2D eigenvalue weighted by Gasteiger charge is -2.17. The molecule has 0 aliphatic heterocycles. The molecule has 5 nitrogen and oxygen atoms in total. The maximum atomic E-state index is 12.9. The van der Waals surface area contributed by atoms with E-state index in [4.69, 9.17) is 10.7 Å². The van der Waals surface area contributed by atoms with Crippen molar-refractivity contribution in [2.45, 2.75) is 18.9 Å². The zero-order chi connectivity index (χ0) is 17.2. The zero-order valence-corrected chi connectivity index (χ0v) is 16.3. The van der Waals surface area contributed by atoms with Crippen LogP contribution in [0, 0.1) is 5.92 Å². The SMILES string of the molecule is Cl.Cl.NCC(NC(=O)c1cc(-c2cccnc2)nc2ccccc12)C1CC1. The van der Waals surface area contributed by atoms with Crippen LogP contribution in [0.5, 0.6) is 0 Å². The van der Waals surface area contributed by atoms with Gasteiger partial charge in [-0.15, -0.1) is 24.8 Å². The molecule has 0 saturated heterocycles. The molecule has 1 unspecified atom stereocenters. The van der Waals surface area contributed by atoms with Crippen molar-refractivity contribution in [1.29, 1.82) is 0 Å². The fourth-order valence-corrected chi connectivity index (χ4v) is 3.14. The summed E-state index contributed by atoms with van der Waals surface area (Å²) in [6, 6.07) is 13.4. The number of benzene rings is 1. The van der Waals surface area contributed by atoms with Crippen molar-refractivity contribution in [3.05, 3.63) is 60.4 Å². The summed E-state index contributed by atoms with van der Waals surface area (Å²) >= 11 is 0. The van der Waals surface area contributed by atoms with Gasteiger partial charge in [0, 0.05) is 35.9 Å². The Hall–Kier alpha value is -2.21. The van der Waals surface area contributed by atoms with Gasteiger partial charge >= 0.3 is 0 Å². The van der Waals surface area contributed by atoms with Gasteiger partial charge in [0.25, 0.3) is 5.91 Å². The third kappa shape index (κ3) is 4.56. The number of fused-ring (bicyclic) bond motifs is 1. The summed E-state index contributed by atoms with van der Waals surface area (Å²) in [7, 11) is 0. The van der Waals surface area contributed by atoms with Gasteiger partial charge in [0.05, 0.1) is 16.8 Å². The quantitative estimate of drug-likeness (QED) is 0.680. The Balaban J connectivity index is 0.00000131. The summed E-state index contributed by atoms with van der Waals surface area (Å²) in [4.78, 5) is 21.8. The molecule has 0 bridgehead atoms. The summed E-state index contributed by atoms with van der Waals surface area (Å²) in [5.41, 5.74) is 8.89. The highest BCUT2D eigenvalue weighted by atomic mass is 35.5. The van der Waals surface area contributed by atoms with E-state index >= 15 is 0 Å². The molecule has 27 heavy (non-hydrogen) atoms. The van der Waals surface area contributed by atoms with E-state index in [1.807, 2.05) is 42.5 Å². The topological polar surface area (TPSA) is 80.9 Å². The number of pyridine rings is 2. The molecule has 4 rings (SSSR count). The van der Waals surface area contributed by atoms with Crippen LogP contribution in [0.2, 0.25) is 0 Å². The van der Waals surface area contributed by atoms with Crippen LogP contribution in [0.1, 0.15) is 23.2 Å². The number of carbonyl (C=O) groups is 1. The highest BCUT2D eigenvalue weighted by Gasteiger charge is 2.31. The van der Waals surface area contributed by atoms with Crippen LogP contribution >= 0.6 is 24.8 Å². The van der Waals surface area contributed by atoms with Crippen LogP contribution in [-0.4, -0.2) is 28.5 Å². The number of hydrogen-bond donors (Lipinski definition) is 2. The molecule has 7 heteroatoms. The third-order valence-electron chi connectivity index (χ3n) is 4.68. The number of nitrogens with two attached hydrogens (primary N) is 1. The Morgan fingerprint density at radius 1 is 1.19 bits per heavy atom. The number of hydrogen-bond acceptors (Lipinski definition) is 4. The molecule has 1 aliphatic rings. The van der Waals surface area contributed by atoms with Crippen molar-refractivity contribution in [3.8, 4) is 11.3 Å². The number of carbonyl (C=O) groups excluding carboxylic acids is 1. The van der Waals surface area contributed by atoms with Gasteiger partial charge < -0.3 is 11.1 Å². The maximum absolute atomic E-state index is 12.9. The summed E-state index contributed by atoms with van der Waals surface area (Å²) in [6.45, 7) is 0.467.